The molecule has 3 rings (SSSR count). The van der Waals surface area contributed by atoms with Crippen molar-refractivity contribution in [2.45, 2.75) is 20.5 Å². The first kappa shape index (κ1) is 16.7. The van der Waals surface area contributed by atoms with E-state index in [2.05, 4.69) is 5.16 Å². The van der Waals surface area contributed by atoms with E-state index in [0.717, 1.165) is 16.5 Å². The van der Waals surface area contributed by atoms with Gasteiger partial charge in [0.15, 0.2) is 0 Å². The van der Waals surface area contributed by atoms with Crippen LogP contribution in [-0.4, -0.2) is 10.9 Å². The molecule has 0 unspecified atom stereocenters. The van der Waals surface area contributed by atoms with Crippen LogP contribution in [0.2, 0.25) is 10.0 Å². The predicted molar refractivity (Wildman–Crippen MR) is 95.7 cm³/mol. The standard InChI is InChI=1S/C18H15Cl2NO3/c1-10(21-22)18-11(2)24-17-7-6-12(8-13(17)18)23-9-14-15(19)4-3-5-16(14)20/h3-8,22H,9H2,1-2H3/b21-10-. The van der Waals surface area contributed by atoms with Crippen molar-refractivity contribution in [3.8, 4) is 5.75 Å². The second-order valence-electron chi connectivity index (χ2n) is 5.37. The van der Waals surface area contributed by atoms with Gasteiger partial charge in [0.25, 0.3) is 0 Å². The van der Waals surface area contributed by atoms with Gasteiger partial charge in [-0.1, -0.05) is 34.4 Å². The highest BCUT2D eigenvalue weighted by Gasteiger charge is 2.15. The third kappa shape index (κ3) is 3.07. The van der Waals surface area contributed by atoms with Crippen molar-refractivity contribution in [1.29, 1.82) is 0 Å². The monoisotopic (exact) mass is 363 g/mol. The lowest BCUT2D eigenvalue weighted by atomic mass is 10.1. The number of nitrogens with zero attached hydrogens (tertiary/aromatic N) is 1. The van der Waals surface area contributed by atoms with Gasteiger partial charge in [-0.05, 0) is 44.2 Å². The largest absolute Gasteiger partial charge is 0.489 e. The number of rotatable bonds is 4. The lowest BCUT2D eigenvalue weighted by molar-refractivity contribution is 0.307. The molecule has 2 aromatic carbocycles. The Labute approximate surface area is 149 Å². The van der Waals surface area contributed by atoms with Crippen molar-refractivity contribution in [3.05, 3.63) is 63.3 Å². The molecular weight excluding hydrogens is 349 g/mol. The molecule has 3 aromatic rings. The van der Waals surface area contributed by atoms with Crippen molar-refractivity contribution in [2.24, 2.45) is 5.16 Å². The lowest BCUT2D eigenvalue weighted by Crippen LogP contribution is -1.98. The average molecular weight is 364 g/mol. The van der Waals surface area contributed by atoms with Gasteiger partial charge < -0.3 is 14.4 Å². The van der Waals surface area contributed by atoms with E-state index in [9.17, 15) is 0 Å². The smallest absolute Gasteiger partial charge is 0.135 e. The maximum atomic E-state index is 9.06. The number of hydrogen-bond acceptors (Lipinski definition) is 4. The SMILES string of the molecule is C/C(=N/O)c1c(C)oc2ccc(OCc3c(Cl)cccc3Cl)cc12. The summed E-state index contributed by atoms with van der Waals surface area (Å²) in [6.07, 6.45) is 0. The Morgan fingerprint density at radius 3 is 2.58 bits per heavy atom. The van der Waals surface area contributed by atoms with Gasteiger partial charge in [0, 0.05) is 26.6 Å². The second kappa shape index (κ2) is 6.75. The minimum absolute atomic E-state index is 0.253. The summed E-state index contributed by atoms with van der Waals surface area (Å²) < 4.78 is 11.5. The van der Waals surface area contributed by atoms with Gasteiger partial charge in [0.05, 0.1) is 5.71 Å². The molecule has 0 amide bonds. The van der Waals surface area contributed by atoms with Gasteiger partial charge >= 0.3 is 0 Å². The van der Waals surface area contributed by atoms with Gasteiger partial charge in [-0.25, -0.2) is 0 Å². The molecule has 0 fully saturated rings. The Hall–Kier alpha value is -2.17. The van der Waals surface area contributed by atoms with Crippen LogP contribution in [0.25, 0.3) is 11.0 Å². The van der Waals surface area contributed by atoms with Crippen LogP contribution in [0.15, 0.2) is 46.0 Å². The molecule has 4 nitrogen and oxygen atoms in total. The molecule has 1 N–H and O–H groups in total. The molecule has 0 bridgehead atoms. The quantitative estimate of drug-likeness (QED) is 0.360. The van der Waals surface area contributed by atoms with E-state index in [1.54, 1.807) is 25.1 Å². The fraction of sp³-hybridized carbons (Fsp3) is 0.167. The molecule has 124 valence electrons. The summed E-state index contributed by atoms with van der Waals surface area (Å²) in [6.45, 7) is 3.80. The highest BCUT2D eigenvalue weighted by molar-refractivity contribution is 6.35. The van der Waals surface area contributed by atoms with E-state index in [0.29, 0.717) is 32.8 Å². The fourth-order valence-electron chi connectivity index (χ4n) is 2.61. The molecule has 0 radical (unpaired) electrons. The molecule has 0 aliphatic heterocycles. The molecule has 1 heterocycles. The van der Waals surface area contributed by atoms with Crippen LogP contribution in [0.4, 0.5) is 0 Å². The summed E-state index contributed by atoms with van der Waals surface area (Å²) >= 11 is 12.3. The van der Waals surface area contributed by atoms with Crippen molar-refractivity contribution in [3.63, 3.8) is 0 Å². The van der Waals surface area contributed by atoms with Gasteiger partial charge in [-0.3, -0.25) is 0 Å². The first-order chi connectivity index (χ1) is 11.5. The van der Waals surface area contributed by atoms with Gasteiger partial charge in [0.1, 0.15) is 23.7 Å². The van der Waals surface area contributed by atoms with Crippen molar-refractivity contribution < 1.29 is 14.4 Å². The van der Waals surface area contributed by atoms with Gasteiger partial charge in [-0.2, -0.15) is 0 Å². The molecule has 0 atom stereocenters. The average Bonchev–Trinajstić information content (AvgIpc) is 2.89. The van der Waals surface area contributed by atoms with E-state index < -0.39 is 0 Å². The molecule has 0 aliphatic rings. The zero-order valence-corrected chi connectivity index (χ0v) is 14.6. The molecule has 24 heavy (non-hydrogen) atoms. The Balaban J connectivity index is 1.94. The van der Waals surface area contributed by atoms with E-state index >= 15 is 0 Å². The van der Waals surface area contributed by atoms with E-state index in [4.69, 9.17) is 37.6 Å². The molecule has 0 saturated heterocycles. The normalized spacial score (nSPS) is 11.9. The maximum absolute atomic E-state index is 9.06. The number of aryl methyl sites for hydroxylation is 1. The highest BCUT2D eigenvalue weighted by Crippen LogP contribution is 2.31. The zero-order valence-electron chi connectivity index (χ0n) is 13.1. The van der Waals surface area contributed by atoms with Crippen LogP contribution in [0.5, 0.6) is 5.75 Å². The summed E-state index contributed by atoms with van der Waals surface area (Å²) in [5.41, 5.74) is 2.68. The summed E-state index contributed by atoms with van der Waals surface area (Å²) in [6, 6.07) is 10.8. The van der Waals surface area contributed by atoms with E-state index in [1.165, 1.54) is 0 Å². The van der Waals surface area contributed by atoms with Gasteiger partial charge in [-0.15, -0.1) is 0 Å². The summed E-state index contributed by atoms with van der Waals surface area (Å²) in [5, 5.41) is 14.3. The molecule has 0 aliphatic carbocycles. The second-order valence-corrected chi connectivity index (χ2v) is 6.18. The molecule has 1 aromatic heterocycles. The third-order valence-electron chi connectivity index (χ3n) is 3.79. The number of benzene rings is 2. The van der Waals surface area contributed by atoms with Crippen LogP contribution < -0.4 is 4.74 Å². The highest BCUT2D eigenvalue weighted by atomic mass is 35.5. The fourth-order valence-corrected chi connectivity index (χ4v) is 3.12. The molecular formula is C18H15Cl2NO3. The first-order valence-corrected chi connectivity index (χ1v) is 8.04. The van der Waals surface area contributed by atoms with Crippen LogP contribution in [-0.2, 0) is 6.61 Å². The maximum Gasteiger partial charge on any atom is 0.135 e. The Morgan fingerprint density at radius 2 is 1.92 bits per heavy atom. The van der Waals surface area contributed by atoms with Crippen LogP contribution in [0.1, 0.15) is 23.8 Å². The number of oxime groups is 1. The van der Waals surface area contributed by atoms with Crippen molar-refractivity contribution in [1.82, 2.24) is 0 Å². The van der Waals surface area contributed by atoms with Crippen LogP contribution in [0, 0.1) is 6.92 Å². The molecule has 6 heteroatoms. The first-order valence-electron chi connectivity index (χ1n) is 7.29. The Kier molecular flexibility index (Phi) is 4.69. The van der Waals surface area contributed by atoms with Gasteiger partial charge in [0.2, 0.25) is 0 Å². The minimum Gasteiger partial charge on any atom is -0.489 e. The van der Waals surface area contributed by atoms with Crippen LogP contribution in [0.3, 0.4) is 0 Å². The van der Waals surface area contributed by atoms with E-state index in [1.807, 2.05) is 25.1 Å². The van der Waals surface area contributed by atoms with Crippen molar-refractivity contribution >= 4 is 39.9 Å². The summed E-state index contributed by atoms with van der Waals surface area (Å²) in [4.78, 5) is 0. The Morgan fingerprint density at radius 1 is 1.21 bits per heavy atom. The molecule has 0 saturated carbocycles. The van der Waals surface area contributed by atoms with E-state index in [-0.39, 0.29) is 6.61 Å². The van der Waals surface area contributed by atoms with Crippen LogP contribution >= 0.6 is 23.2 Å². The number of hydrogen-bond donors (Lipinski definition) is 1. The zero-order chi connectivity index (χ0) is 17.3. The number of halogens is 2. The number of fused-ring (bicyclic) bond motifs is 1. The lowest BCUT2D eigenvalue weighted by Gasteiger charge is -2.09. The predicted octanol–water partition coefficient (Wildman–Crippen LogP) is 5.83. The number of ether oxygens (including phenoxy) is 1. The molecule has 0 spiro atoms. The third-order valence-corrected chi connectivity index (χ3v) is 4.50. The summed E-state index contributed by atoms with van der Waals surface area (Å²) in [7, 11) is 0. The minimum atomic E-state index is 0.253. The van der Waals surface area contributed by atoms with Crippen molar-refractivity contribution in [2.75, 3.05) is 0 Å². The Bertz CT molecular complexity index is 911. The summed E-state index contributed by atoms with van der Waals surface area (Å²) in [5.74, 6) is 1.33. The topological polar surface area (TPSA) is 55.0 Å². The number of furan rings is 1.